The highest BCUT2D eigenvalue weighted by atomic mass is 32.1. The molecule has 0 atom stereocenters. The van der Waals surface area contributed by atoms with Gasteiger partial charge in [0.15, 0.2) is 0 Å². The standard InChI is InChI=1S/C21H22N2OS/c1-5-18(21-7-3-13-25-21)14-20(6-1)24-19-8-11-23(12-9-19)16-17-4-2-10-22-15-17/h1-7,10,13-15,19H,8-9,11-12,16H2. The normalized spacial score (nSPS) is 16.0. The molecule has 0 unspecified atom stereocenters. The Kier molecular flexibility index (Phi) is 5.09. The van der Waals surface area contributed by atoms with E-state index in [9.17, 15) is 0 Å². The van der Waals surface area contributed by atoms with Gasteiger partial charge in [0.05, 0.1) is 0 Å². The number of benzene rings is 1. The number of aromatic nitrogens is 1. The van der Waals surface area contributed by atoms with Gasteiger partial charge in [0.25, 0.3) is 0 Å². The molecule has 1 aliphatic heterocycles. The van der Waals surface area contributed by atoms with Gasteiger partial charge in [-0.3, -0.25) is 9.88 Å². The quantitative estimate of drug-likeness (QED) is 0.657. The number of likely N-dealkylation sites (tertiary alicyclic amines) is 1. The van der Waals surface area contributed by atoms with E-state index < -0.39 is 0 Å². The SMILES string of the molecule is c1cncc(CN2CCC(Oc3cccc(-c4cccs4)c3)CC2)c1. The molecule has 3 nitrogen and oxygen atoms in total. The average Bonchev–Trinajstić information content (AvgIpc) is 3.19. The molecule has 2 aromatic heterocycles. The third-order valence-electron chi connectivity index (χ3n) is 4.61. The predicted molar refractivity (Wildman–Crippen MR) is 103 cm³/mol. The van der Waals surface area contributed by atoms with Gasteiger partial charge in [-0.2, -0.15) is 0 Å². The molecule has 1 fully saturated rings. The first kappa shape index (κ1) is 16.3. The van der Waals surface area contributed by atoms with Gasteiger partial charge in [-0.25, -0.2) is 0 Å². The molecule has 25 heavy (non-hydrogen) atoms. The monoisotopic (exact) mass is 350 g/mol. The minimum absolute atomic E-state index is 0.309. The van der Waals surface area contributed by atoms with Crippen molar-refractivity contribution in [1.82, 2.24) is 9.88 Å². The van der Waals surface area contributed by atoms with Crippen LogP contribution < -0.4 is 4.74 Å². The molecule has 0 amide bonds. The maximum atomic E-state index is 6.26. The fraction of sp³-hybridized carbons (Fsp3) is 0.286. The van der Waals surface area contributed by atoms with Gasteiger partial charge in [0.2, 0.25) is 0 Å². The summed E-state index contributed by atoms with van der Waals surface area (Å²) in [7, 11) is 0. The Morgan fingerprint density at radius 2 is 2.00 bits per heavy atom. The first-order valence-corrected chi connectivity index (χ1v) is 9.67. The summed E-state index contributed by atoms with van der Waals surface area (Å²) in [5, 5.41) is 2.11. The van der Waals surface area contributed by atoms with E-state index in [0.29, 0.717) is 6.10 Å². The van der Waals surface area contributed by atoms with Gasteiger partial charge >= 0.3 is 0 Å². The molecular weight excluding hydrogens is 328 g/mol. The van der Waals surface area contributed by atoms with E-state index in [0.717, 1.165) is 38.2 Å². The third-order valence-corrected chi connectivity index (χ3v) is 5.52. The lowest BCUT2D eigenvalue weighted by atomic mass is 10.1. The van der Waals surface area contributed by atoms with Crippen LogP contribution in [0.2, 0.25) is 0 Å². The fourth-order valence-electron chi connectivity index (χ4n) is 3.29. The largest absolute Gasteiger partial charge is 0.490 e. The molecule has 4 rings (SSSR count). The summed E-state index contributed by atoms with van der Waals surface area (Å²) >= 11 is 1.76. The highest BCUT2D eigenvalue weighted by Crippen LogP contribution is 2.29. The lowest BCUT2D eigenvalue weighted by Crippen LogP contribution is -2.37. The number of hydrogen-bond donors (Lipinski definition) is 0. The van der Waals surface area contributed by atoms with Crippen LogP contribution in [0, 0.1) is 0 Å². The van der Waals surface area contributed by atoms with Crippen LogP contribution in [0.25, 0.3) is 10.4 Å². The zero-order chi connectivity index (χ0) is 16.9. The fourth-order valence-corrected chi connectivity index (χ4v) is 4.02. The number of thiophene rings is 1. The molecule has 0 spiro atoms. The van der Waals surface area contributed by atoms with Crippen molar-refractivity contribution >= 4 is 11.3 Å². The number of nitrogens with zero attached hydrogens (tertiary/aromatic N) is 2. The molecule has 0 bridgehead atoms. The Hall–Kier alpha value is -2.17. The molecule has 4 heteroatoms. The van der Waals surface area contributed by atoms with Crippen molar-refractivity contribution < 1.29 is 4.74 Å². The van der Waals surface area contributed by atoms with Crippen molar-refractivity contribution in [1.29, 1.82) is 0 Å². The topological polar surface area (TPSA) is 25.4 Å². The molecule has 1 aliphatic rings. The van der Waals surface area contributed by atoms with Gasteiger partial charge in [-0.15, -0.1) is 11.3 Å². The van der Waals surface area contributed by atoms with E-state index in [2.05, 4.69) is 57.7 Å². The highest BCUT2D eigenvalue weighted by molar-refractivity contribution is 7.13. The van der Waals surface area contributed by atoms with Crippen molar-refractivity contribution in [2.45, 2.75) is 25.5 Å². The van der Waals surface area contributed by atoms with Crippen LogP contribution in [-0.2, 0) is 6.54 Å². The second-order valence-corrected chi connectivity index (χ2v) is 7.41. The van der Waals surface area contributed by atoms with Crippen molar-refractivity contribution in [3.8, 4) is 16.2 Å². The molecule has 1 aromatic carbocycles. The second kappa shape index (κ2) is 7.81. The molecule has 0 N–H and O–H groups in total. The van der Waals surface area contributed by atoms with Gasteiger partial charge in [0.1, 0.15) is 11.9 Å². The first-order valence-electron chi connectivity index (χ1n) is 8.79. The van der Waals surface area contributed by atoms with E-state index in [1.807, 2.05) is 18.5 Å². The van der Waals surface area contributed by atoms with Crippen LogP contribution in [0.15, 0.2) is 66.3 Å². The minimum Gasteiger partial charge on any atom is -0.490 e. The summed E-state index contributed by atoms with van der Waals surface area (Å²) in [6.45, 7) is 3.13. The van der Waals surface area contributed by atoms with E-state index >= 15 is 0 Å². The number of ether oxygens (including phenoxy) is 1. The molecule has 3 heterocycles. The van der Waals surface area contributed by atoms with Crippen LogP contribution in [0.4, 0.5) is 0 Å². The maximum Gasteiger partial charge on any atom is 0.120 e. The number of piperidine rings is 1. The van der Waals surface area contributed by atoms with E-state index in [1.165, 1.54) is 16.0 Å². The van der Waals surface area contributed by atoms with Crippen LogP contribution in [0.3, 0.4) is 0 Å². The minimum atomic E-state index is 0.309. The number of pyridine rings is 1. The summed E-state index contributed by atoms with van der Waals surface area (Å²) in [6, 6.07) is 16.9. The van der Waals surface area contributed by atoms with E-state index in [4.69, 9.17) is 4.74 Å². The number of rotatable bonds is 5. The second-order valence-electron chi connectivity index (χ2n) is 6.46. The molecule has 0 saturated carbocycles. The van der Waals surface area contributed by atoms with Gasteiger partial charge in [-0.1, -0.05) is 24.3 Å². The Morgan fingerprint density at radius 3 is 2.76 bits per heavy atom. The van der Waals surface area contributed by atoms with Gasteiger partial charge < -0.3 is 4.74 Å². The maximum absolute atomic E-state index is 6.26. The zero-order valence-corrected chi connectivity index (χ0v) is 15.0. The van der Waals surface area contributed by atoms with Gasteiger partial charge in [0, 0.05) is 36.9 Å². The Bertz CT molecular complexity index is 781. The Morgan fingerprint density at radius 1 is 1.08 bits per heavy atom. The summed E-state index contributed by atoms with van der Waals surface area (Å²) in [4.78, 5) is 7.97. The van der Waals surface area contributed by atoms with Crippen LogP contribution >= 0.6 is 11.3 Å². The molecule has 3 aromatic rings. The van der Waals surface area contributed by atoms with Gasteiger partial charge in [-0.05, 0) is 53.6 Å². The highest BCUT2D eigenvalue weighted by Gasteiger charge is 2.20. The summed E-state index contributed by atoms with van der Waals surface area (Å²) in [5.74, 6) is 0.983. The third kappa shape index (κ3) is 4.27. The Labute approximate surface area is 152 Å². The van der Waals surface area contributed by atoms with Crippen LogP contribution in [-0.4, -0.2) is 29.1 Å². The lowest BCUT2D eigenvalue weighted by molar-refractivity contribution is 0.0968. The molecule has 0 aliphatic carbocycles. The van der Waals surface area contributed by atoms with Crippen molar-refractivity contribution in [3.05, 3.63) is 71.9 Å². The van der Waals surface area contributed by atoms with Crippen LogP contribution in [0.1, 0.15) is 18.4 Å². The Balaban J connectivity index is 1.32. The van der Waals surface area contributed by atoms with Crippen LogP contribution in [0.5, 0.6) is 5.75 Å². The van der Waals surface area contributed by atoms with E-state index in [-0.39, 0.29) is 0 Å². The zero-order valence-electron chi connectivity index (χ0n) is 14.2. The van der Waals surface area contributed by atoms with Crippen molar-refractivity contribution in [2.75, 3.05) is 13.1 Å². The molecule has 0 radical (unpaired) electrons. The molecule has 128 valence electrons. The number of hydrogen-bond acceptors (Lipinski definition) is 4. The molecular formula is C21H22N2OS. The predicted octanol–water partition coefficient (Wildman–Crippen LogP) is 4.85. The first-order chi connectivity index (χ1) is 12.4. The lowest BCUT2D eigenvalue weighted by Gasteiger charge is -2.32. The van der Waals surface area contributed by atoms with E-state index in [1.54, 1.807) is 11.3 Å². The molecule has 1 saturated heterocycles. The summed E-state index contributed by atoms with van der Waals surface area (Å²) < 4.78 is 6.26. The summed E-state index contributed by atoms with van der Waals surface area (Å²) in [5.41, 5.74) is 2.52. The smallest absolute Gasteiger partial charge is 0.120 e. The van der Waals surface area contributed by atoms with Crippen molar-refractivity contribution in [2.24, 2.45) is 0 Å². The summed E-state index contributed by atoms with van der Waals surface area (Å²) in [6.07, 6.45) is 6.24. The van der Waals surface area contributed by atoms with Crippen molar-refractivity contribution in [3.63, 3.8) is 0 Å². The average molecular weight is 350 g/mol.